The van der Waals surface area contributed by atoms with E-state index < -0.39 is 164 Å². The van der Waals surface area contributed by atoms with Gasteiger partial charge in [-0.05, 0) is 44.2 Å². The predicted molar refractivity (Wildman–Crippen MR) is 364 cm³/mol. The number of hydrogen-bond acceptors (Lipinski definition) is 24. The van der Waals surface area contributed by atoms with Crippen LogP contribution in [0.25, 0.3) is 0 Å². The maximum absolute atomic E-state index is 14.4. The Bertz CT molecular complexity index is 2900. The quantitative estimate of drug-likeness (QED) is 0.0219. The Hall–Kier alpha value is -4.62. The molecule has 24 atom stereocenters. The van der Waals surface area contributed by atoms with Crippen molar-refractivity contribution in [3.63, 3.8) is 0 Å². The molecule has 0 bridgehead atoms. The zero-order valence-electron chi connectivity index (χ0n) is 59.2. The van der Waals surface area contributed by atoms with Crippen molar-refractivity contribution in [3.8, 4) is 0 Å². The van der Waals surface area contributed by atoms with Crippen molar-refractivity contribution in [1.82, 2.24) is 4.90 Å². The molecule has 31 heteroatoms. The number of benzene rings is 2. The monoisotopic (exact) mass is 1410 g/mol. The molecule has 5 aliphatic heterocycles. The third kappa shape index (κ3) is 22.0. The molecule has 0 N–H and O–H groups in total. The number of rotatable bonds is 34. The molecule has 0 saturated carbocycles. The molecule has 540 valence electrons. The van der Waals surface area contributed by atoms with Gasteiger partial charge in [0.05, 0.1) is 13.7 Å². The average Bonchev–Trinajstić information content (AvgIpc) is 0.997. The van der Waals surface area contributed by atoms with Gasteiger partial charge in [0.15, 0.2) is 0 Å². The molecule has 5 heterocycles. The van der Waals surface area contributed by atoms with Crippen LogP contribution in [0.4, 0.5) is 4.79 Å². The van der Waals surface area contributed by atoms with Crippen molar-refractivity contribution < 1.29 is 114 Å². The molecule has 2 aromatic rings. The number of unbranched alkanes of at least 4 members (excludes halogenated alkanes) is 2. The molecule has 25 nitrogen and oxygen atoms in total. The minimum atomic E-state index is -1.98. The third-order valence-corrected chi connectivity index (χ3v) is 22.1. The van der Waals surface area contributed by atoms with E-state index in [1.54, 1.807) is 25.7 Å². The van der Waals surface area contributed by atoms with E-state index >= 15 is 0 Å². The summed E-state index contributed by atoms with van der Waals surface area (Å²) in [5.74, 6) is -8.91. The molecule has 5 saturated heterocycles. The molecular weight excluding hydrogens is 1310 g/mol. The van der Waals surface area contributed by atoms with Crippen LogP contribution in [0.5, 0.6) is 0 Å². The number of hydrogen-bond donors (Lipinski definition) is 0. The van der Waals surface area contributed by atoms with E-state index in [0.717, 1.165) is 25.2 Å². The zero-order valence-corrected chi connectivity index (χ0v) is 61.2. The molecule has 98 heavy (non-hydrogen) atoms. The Morgan fingerprint density at radius 1 is 0.643 bits per heavy atom. The second-order valence-electron chi connectivity index (χ2n) is 26.7. The van der Waals surface area contributed by atoms with Gasteiger partial charge in [-0.25, -0.2) is 9.59 Å². The Labute approximate surface area is 582 Å². The molecule has 0 aliphatic carbocycles. The van der Waals surface area contributed by atoms with Gasteiger partial charge in [-0.2, -0.15) is 0 Å². The topological polar surface area (TPSA) is 287 Å². The number of methoxy groups -OCH3 is 1. The number of ether oxygens (including phenoxy) is 16. The summed E-state index contributed by atoms with van der Waals surface area (Å²) in [6.07, 6.45) is -13.2. The normalized spacial score (nSPS) is 32.9. The molecule has 5 aliphatic rings. The minimum absolute atomic E-state index is 0.00793. The van der Waals surface area contributed by atoms with Crippen LogP contribution >= 0.6 is 16.9 Å². The van der Waals surface area contributed by atoms with Gasteiger partial charge in [0.1, 0.15) is 6.61 Å². The number of carbonyl (C=O) groups excluding carboxylic acids is 6. The van der Waals surface area contributed by atoms with Crippen molar-refractivity contribution in [2.75, 3.05) is 33.5 Å². The Morgan fingerprint density at radius 3 is 1.78 bits per heavy atom. The predicted octanol–water partition coefficient (Wildman–Crippen LogP) is 7.24. The molecule has 0 spiro atoms. The van der Waals surface area contributed by atoms with E-state index in [2.05, 4.69) is 0 Å². The number of nitrogens with zero attached hydrogens (tertiary/aromatic N) is 1. The molecule has 1 amide bonds. The van der Waals surface area contributed by atoms with Gasteiger partial charge in [0, 0.05) is 26.9 Å². The molecule has 5 fully saturated rings. The second-order valence-corrected chi connectivity index (χ2v) is 29.7. The van der Waals surface area contributed by atoms with E-state index in [9.17, 15) is 38.2 Å². The molecule has 2 aromatic carbocycles. The van der Waals surface area contributed by atoms with Crippen LogP contribution in [0.15, 0.2) is 60.7 Å². The van der Waals surface area contributed by atoms with E-state index in [-0.39, 0.29) is 74.4 Å². The van der Waals surface area contributed by atoms with Crippen LogP contribution in [0.3, 0.4) is 0 Å². The summed E-state index contributed by atoms with van der Waals surface area (Å²) in [6, 6.07) is 19.1. The first-order valence-corrected chi connectivity index (χ1v) is 37.0. The van der Waals surface area contributed by atoms with Crippen molar-refractivity contribution in [1.29, 1.82) is 0 Å². The van der Waals surface area contributed by atoms with Gasteiger partial charge in [0.2, 0.25) is 0 Å². The van der Waals surface area contributed by atoms with Crippen LogP contribution in [-0.4, -0.2) is 211 Å². The van der Waals surface area contributed by atoms with E-state index in [0.29, 0.717) is 45.2 Å². The molecule has 7 rings (SSSR count). The van der Waals surface area contributed by atoms with Gasteiger partial charge < -0.3 is 14.4 Å². The fraction of sp³-hybridized carbons (Fsp3) is 0.731. The summed E-state index contributed by atoms with van der Waals surface area (Å²) < 4.78 is 129. The summed E-state index contributed by atoms with van der Waals surface area (Å²) in [7, 11) is 2.84. The molecule has 0 radical (unpaired) electrons. The molecule has 9 unspecified atom stereocenters. The van der Waals surface area contributed by atoms with Gasteiger partial charge >= 0.3 is 399 Å². The molecule has 0 aromatic heterocycles. The summed E-state index contributed by atoms with van der Waals surface area (Å²) in [4.78, 5) is 81.3. The van der Waals surface area contributed by atoms with Crippen LogP contribution in [0.1, 0.15) is 140 Å². The first kappa shape index (κ1) is 80.7. The fourth-order valence-electron chi connectivity index (χ4n) is 13.5. The number of carbonyl (C=O) groups is 6. The fourth-order valence-corrected chi connectivity index (χ4v) is 16.6. The standard InChI is InChI=1S/C67H101B4NO24P2/c1-15-37(3)51-59(97-70-68-79)40(6)54(93-61-41(7)53(86-43(9)74)55(87-44(10)75)48(89-61)35-82-42(8)73)62(91-51)94-57-58(88-45(11)76)63(92-52(38(4)16-2)60(57)98-71-69-80)90-50-39(5)32-67(64(77)81-14,96-56(50)49-36-85-66(12,13)95-49)84-31-25-19-24-30-72(33-46-26-20-17-21-27-46)65(78)83-34-47-28-22-18-23-29-47/h17-18,20-23,26-29,37-41,48-63,70-71,97-98H,15-16,19,24-25,30-36H2,1-14H3/t37-,38-,39+,40?,41+,48?,49+,50+,51-,52?,53?,54?,55+,56?,57+,58?,59-,60+,61+,62+,63-,67+/m0/s1. The summed E-state index contributed by atoms with van der Waals surface area (Å²) in [5.41, 5.74) is 0.869. The SMILES string of the molecule is CC[C@H](C)C1O[C@H](O[C@H]2C([C@H]3COC(C)(C)O3)O[C@@](OCCCCCN(Cc3ccccc3)C(=O)OCc3ccccc3)(C(=O)OC)C[C@H]2C)C(OC(C)=O)[C@@H](O[C@H]2O[C@@H]([C@@H](C)CC)[C@@H](PBB=O)C(C)C2O[C@H]2OC(COC(C)=O)[C@@H](OC(C)=O)C(OC(C)=O)[C@H]2C)[C@@H]1PBB=O. The van der Waals surface area contributed by atoms with Gasteiger partial charge in [0.25, 0.3) is 0 Å². The maximum atomic E-state index is 14.4. The van der Waals surface area contributed by atoms with Gasteiger partial charge in [-0.15, -0.1) is 0 Å². The first-order valence-electron chi connectivity index (χ1n) is 34.4. The van der Waals surface area contributed by atoms with Gasteiger partial charge in [-0.1, -0.05) is 60.7 Å². The van der Waals surface area contributed by atoms with Crippen LogP contribution in [0.2, 0.25) is 0 Å². The second kappa shape index (κ2) is 38.6. The molecular formula is C67H101B4NO24P2. The number of esters is 5. The Kier molecular flexibility index (Phi) is 31.8. The zero-order chi connectivity index (χ0) is 71.4. The Morgan fingerprint density at radius 2 is 1.20 bits per heavy atom. The van der Waals surface area contributed by atoms with Gasteiger partial charge in [-0.3, -0.25) is 9.59 Å². The van der Waals surface area contributed by atoms with E-state index in [4.69, 9.17) is 75.8 Å². The van der Waals surface area contributed by atoms with Crippen molar-refractivity contribution in [2.45, 2.75) is 251 Å². The van der Waals surface area contributed by atoms with E-state index in [1.807, 2.05) is 102 Å². The van der Waals surface area contributed by atoms with Crippen molar-refractivity contribution in [3.05, 3.63) is 71.8 Å². The summed E-state index contributed by atoms with van der Waals surface area (Å²) in [5, 5.41) is 0. The third-order valence-electron chi connectivity index (χ3n) is 18.8. The van der Waals surface area contributed by atoms with Crippen molar-refractivity contribution >= 4 is 80.7 Å². The number of amides is 1. The first-order chi connectivity index (χ1) is 46.8. The van der Waals surface area contributed by atoms with E-state index in [1.165, 1.54) is 34.8 Å². The van der Waals surface area contributed by atoms with Crippen LogP contribution in [0, 0.1) is 29.6 Å². The summed E-state index contributed by atoms with van der Waals surface area (Å²) in [6.45, 7) is 22.8. The van der Waals surface area contributed by atoms with Crippen molar-refractivity contribution in [2.24, 2.45) is 29.6 Å². The summed E-state index contributed by atoms with van der Waals surface area (Å²) >= 11 is 0. The van der Waals surface area contributed by atoms with Crippen LogP contribution < -0.4 is 0 Å². The van der Waals surface area contributed by atoms with Crippen LogP contribution in [-0.2, 0) is 122 Å². The average molecular weight is 1410 g/mol. The Balaban J connectivity index is 1.22.